The number of rotatable bonds is 3. The van der Waals surface area contributed by atoms with Crippen molar-refractivity contribution < 1.29 is 59.8 Å². The van der Waals surface area contributed by atoms with Crippen molar-refractivity contribution in [1.29, 1.82) is 1.34 Å². The van der Waals surface area contributed by atoms with E-state index in [0.29, 0.717) is 22.9 Å². The number of nitrogens with zero attached hydrogens (tertiary/aromatic N) is 5. The minimum Gasteiger partial charge on any atom is -0.478 e. The molecular formula is C42H46BN9O6U. The molecule has 6 N–H and O–H groups in total. The van der Waals surface area contributed by atoms with Crippen molar-refractivity contribution >= 4 is 64.8 Å². The third kappa shape index (κ3) is 9.49. The molecule has 3 aliphatic rings. The third-order valence-corrected chi connectivity index (χ3v) is 10.3. The zero-order chi connectivity index (χ0) is 42.2. The number of hydrogen-bond donors (Lipinski definition) is 5. The fraction of sp³-hybridized carbons (Fsp3) is 0.286. The van der Waals surface area contributed by atoms with E-state index < -0.39 is 5.97 Å². The maximum atomic E-state index is 12.1. The van der Waals surface area contributed by atoms with Gasteiger partial charge in [0.15, 0.2) is 0 Å². The Morgan fingerprint density at radius 2 is 1.17 bits per heavy atom. The van der Waals surface area contributed by atoms with Gasteiger partial charge in [0.1, 0.15) is 0 Å². The molecule has 0 fully saturated rings. The second-order valence-corrected chi connectivity index (χ2v) is 14.2. The van der Waals surface area contributed by atoms with Crippen LogP contribution in [0.2, 0.25) is 0 Å². The van der Waals surface area contributed by atoms with Gasteiger partial charge >= 0.3 is 5.97 Å². The summed E-state index contributed by atoms with van der Waals surface area (Å²) in [5, 5.41) is 20.2. The number of nitrogens with two attached hydrogens (primary N) is 1. The van der Waals surface area contributed by atoms with Crippen LogP contribution >= 0.6 is 0 Å². The molecule has 59 heavy (non-hydrogen) atoms. The average Bonchev–Trinajstić information content (AvgIpc) is 4.05. The standard InChI is InChI=1S/C14H15N3O2.C14H13N3O.C12H11NO2.C2H6N2O.BH.U/c1-9(18)15-16-14(19)12-8-17-7-3-5-10-4-2-6-11(12)13(10)17;1-9-15-16-14(18-9)12-8-17-7-3-5-10-4-2-6-11(12)13(10)17;14-12(15)10-7-13-6-2-4-8-3-1-5-9(10)11(8)13;1-2(5)4-3;;/h2,4,6,8H,3,5,7H2,1H3,(H,15,18)(H,16,19);2,4,6,8H,3,5,7H2,1H3;1,3,5,7H,2,4,6H2,(H,14,15);3H2,1H3,(H,4,5);1H;/i;;;;1T;. The van der Waals surface area contributed by atoms with E-state index in [9.17, 15) is 19.2 Å². The summed E-state index contributed by atoms with van der Waals surface area (Å²) in [6.07, 6.45) is 12.4. The van der Waals surface area contributed by atoms with Crippen LogP contribution in [0.1, 0.15) is 76.4 Å². The van der Waals surface area contributed by atoms with Crippen LogP contribution < -0.4 is 22.1 Å². The van der Waals surface area contributed by atoms with Gasteiger partial charge in [-0.3, -0.25) is 30.7 Å². The topological polar surface area (TPSA) is 204 Å². The van der Waals surface area contributed by atoms with E-state index in [1.54, 1.807) is 6.20 Å². The van der Waals surface area contributed by atoms with Crippen molar-refractivity contribution in [3.8, 4) is 11.5 Å². The Hall–Kier alpha value is -5.62. The third-order valence-electron chi connectivity index (χ3n) is 10.3. The van der Waals surface area contributed by atoms with Crippen molar-refractivity contribution in [2.24, 2.45) is 5.84 Å². The second kappa shape index (κ2) is 19.4. The fourth-order valence-electron chi connectivity index (χ4n) is 7.91. The van der Waals surface area contributed by atoms with Crippen molar-refractivity contribution in [2.75, 3.05) is 0 Å². The molecule has 0 spiro atoms. The van der Waals surface area contributed by atoms with E-state index in [-0.39, 0.29) is 48.8 Å². The Kier molecular flexibility index (Phi) is 14.1. The van der Waals surface area contributed by atoms with Gasteiger partial charge in [0.05, 0.1) is 33.2 Å². The van der Waals surface area contributed by atoms with Gasteiger partial charge in [-0.1, -0.05) is 54.6 Å². The zero-order valence-electron chi connectivity index (χ0n) is 34.2. The number of aromatic nitrogens is 5. The van der Waals surface area contributed by atoms with Gasteiger partial charge in [0, 0.05) is 115 Å². The quantitative estimate of drug-likeness (QED) is 0.0703. The first-order valence-electron chi connectivity index (χ1n) is 19.5. The minimum absolute atomic E-state index is 0. The molecule has 0 atom stereocenters. The van der Waals surface area contributed by atoms with Crippen LogP contribution in [0.15, 0.2) is 77.6 Å². The van der Waals surface area contributed by atoms with Gasteiger partial charge in [0.2, 0.25) is 23.6 Å². The maximum Gasteiger partial charge on any atom is 0.337 e. The Labute approximate surface area is 367 Å². The van der Waals surface area contributed by atoms with Gasteiger partial charge in [-0.2, -0.15) is 0 Å². The molecule has 15 nitrogen and oxygen atoms in total. The fourth-order valence-corrected chi connectivity index (χ4v) is 7.91. The summed E-state index contributed by atoms with van der Waals surface area (Å²) in [7, 11) is 3.75. The van der Waals surface area contributed by atoms with E-state index in [4.69, 9.17) is 10.9 Å². The number of carboxylic acids is 1. The van der Waals surface area contributed by atoms with Crippen molar-refractivity contribution in [1.82, 2.24) is 40.2 Å². The first-order chi connectivity index (χ1) is 28.5. The van der Waals surface area contributed by atoms with E-state index in [0.717, 1.165) is 79.1 Å². The summed E-state index contributed by atoms with van der Waals surface area (Å²) < 4.78 is 17.3. The number of carbonyl (C=O) groups is 4. The van der Waals surface area contributed by atoms with Crippen LogP contribution in [0.25, 0.3) is 44.2 Å². The first-order valence-corrected chi connectivity index (χ1v) is 18.9. The summed E-state index contributed by atoms with van der Waals surface area (Å²) in [4.78, 5) is 43.6. The molecular weight excluding hydrogens is 975 g/mol. The number of carbonyl (C=O) groups excluding carboxylic acids is 3. The molecule has 0 unspecified atom stereocenters. The minimum atomic E-state index is -0.835. The Morgan fingerprint density at radius 3 is 1.63 bits per heavy atom. The van der Waals surface area contributed by atoms with E-state index in [1.807, 2.05) is 42.8 Å². The Morgan fingerprint density at radius 1 is 0.712 bits per heavy atom. The molecule has 2 radical (unpaired) electrons. The summed E-state index contributed by atoms with van der Waals surface area (Å²) in [5.74, 6) is 4.18. The van der Waals surface area contributed by atoms with Gasteiger partial charge in [0.25, 0.3) is 5.91 Å². The molecule has 7 heterocycles. The second-order valence-electron chi connectivity index (χ2n) is 14.2. The molecule has 0 bridgehead atoms. The van der Waals surface area contributed by atoms with E-state index in [1.165, 1.54) is 47.9 Å². The van der Waals surface area contributed by atoms with Crippen LogP contribution in [0.5, 0.6) is 0 Å². The first kappa shape index (κ1) is 43.0. The van der Waals surface area contributed by atoms with Crippen LogP contribution in [-0.4, -0.2) is 62.4 Å². The zero-order valence-corrected chi connectivity index (χ0v) is 37.3. The van der Waals surface area contributed by atoms with Crippen molar-refractivity contribution in [3.63, 3.8) is 0 Å². The molecule has 3 aromatic carbocycles. The van der Waals surface area contributed by atoms with Crippen molar-refractivity contribution in [2.45, 2.75) is 78.9 Å². The van der Waals surface area contributed by atoms with Crippen LogP contribution in [-0.2, 0) is 48.5 Å². The molecule has 302 valence electrons. The Bertz CT molecular complexity index is 2670. The molecule has 0 aliphatic carbocycles. The number of hydrazine groups is 2. The normalized spacial score (nSPS) is 13.0. The van der Waals surface area contributed by atoms with E-state index in [2.05, 4.69) is 85.5 Å². The molecule has 0 saturated carbocycles. The smallest absolute Gasteiger partial charge is 0.337 e. The van der Waals surface area contributed by atoms with Gasteiger partial charge in [-0.25, -0.2) is 10.6 Å². The number of carboxylic acid groups (broad SMARTS) is 1. The van der Waals surface area contributed by atoms with Crippen molar-refractivity contribution in [3.05, 3.63) is 107 Å². The summed E-state index contributed by atoms with van der Waals surface area (Å²) in [6.45, 7) is 7.46. The molecule has 0 saturated heterocycles. The maximum absolute atomic E-state index is 12.1. The van der Waals surface area contributed by atoms with Crippen LogP contribution in [0.4, 0.5) is 0 Å². The number of aryl methyl sites for hydroxylation is 7. The molecule has 10 rings (SSSR count). The predicted octanol–water partition coefficient (Wildman–Crippen LogP) is 4.95. The number of amides is 3. The largest absolute Gasteiger partial charge is 0.478 e. The molecule has 3 amide bonds. The number of nitrogens with one attached hydrogen (secondary N) is 3. The van der Waals surface area contributed by atoms with Crippen LogP contribution in [0, 0.1) is 38.0 Å². The summed E-state index contributed by atoms with van der Waals surface area (Å²) in [6, 6.07) is 18.4. The van der Waals surface area contributed by atoms with Gasteiger partial charge in [-0.15, -0.1) is 10.2 Å². The summed E-state index contributed by atoms with van der Waals surface area (Å²) >= 11 is 0. The van der Waals surface area contributed by atoms with Crippen LogP contribution in [0.3, 0.4) is 0 Å². The summed E-state index contributed by atoms with van der Waals surface area (Å²) in [5.41, 5.74) is 16.3. The Balaban J connectivity index is 0.000000158. The van der Waals surface area contributed by atoms with Gasteiger partial charge < -0.3 is 23.2 Å². The SMILES string of the molecule is CC(=O)NN.CC(=O)NNC(=O)c1cn2c3c(cccc13)CCC2.Cc1nnc(-c2cn3c4c(cccc24)CCC3)o1.O=C(O)c1cn2c3c(cccc13)CCC2.[3H][B].[U]. The number of hydrogen-bond acceptors (Lipinski definition) is 8. The van der Waals surface area contributed by atoms with E-state index >= 15 is 0 Å². The molecule has 3 aliphatic heterocycles. The molecule has 4 aromatic heterocycles. The van der Waals surface area contributed by atoms with Gasteiger partial charge in [-0.05, 0) is 56.6 Å². The molecule has 17 heteroatoms. The number of aromatic carboxylic acids is 1. The molecule has 7 aromatic rings. The number of benzene rings is 3. The predicted molar refractivity (Wildman–Crippen MR) is 222 cm³/mol. The monoisotopic (exact) mass is 1020 g/mol. The number of para-hydroxylation sites is 3. The average molecular weight is 1020 g/mol.